The highest BCUT2D eigenvalue weighted by Crippen LogP contribution is 2.20. The normalized spacial score (nSPS) is 10.2. The lowest BCUT2D eigenvalue weighted by Gasteiger charge is -2.06. The Morgan fingerprint density at radius 1 is 1.09 bits per heavy atom. The minimum Gasteiger partial charge on any atom is -0.459 e. The third-order valence-corrected chi connectivity index (χ3v) is 3.62. The lowest BCUT2D eigenvalue weighted by Crippen LogP contribution is -2.11. The summed E-state index contributed by atoms with van der Waals surface area (Å²) in [4.78, 5) is 24.3. The molecule has 0 aliphatic heterocycles. The van der Waals surface area contributed by atoms with Crippen molar-refractivity contribution in [3.05, 3.63) is 70.8 Å². The van der Waals surface area contributed by atoms with Gasteiger partial charge in [0.2, 0.25) is 0 Å². The molecule has 6 heteroatoms. The maximum Gasteiger partial charge on any atom is 0.353 e. The molecule has 0 radical (unpaired) electrons. The fourth-order valence-corrected chi connectivity index (χ4v) is 2.39. The summed E-state index contributed by atoms with van der Waals surface area (Å²) in [5.41, 5.74) is 0.512. The van der Waals surface area contributed by atoms with Gasteiger partial charge >= 0.3 is 5.97 Å². The zero-order valence-electron chi connectivity index (χ0n) is 11.3. The summed E-state index contributed by atoms with van der Waals surface area (Å²) in [5, 5.41) is 4.47. The maximum atomic E-state index is 11.9. The van der Waals surface area contributed by atoms with E-state index in [4.69, 9.17) is 9.15 Å². The van der Waals surface area contributed by atoms with E-state index in [1.165, 1.54) is 17.6 Å². The van der Waals surface area contributed by atoms with E-state index >= 15 is 0 Å². The molecule has 3 rings (SSSR count). The van der Waals surface area contributed by atoms with Gasteiger partial charge in [-0.1, -0.05) is 12.1 Å². The molecule has 0 bridgehead atoms. The molecule has 2 aromatic heterocycles. The smallest absolute Gasteiger partial charge is 0.353 e. The number of benzene rings is 1. The number of furan rings is 1. The van der Waals surface area contributed by atoms with Gasteiger partial charge in [0.25, 0.3) is 5.91 Å². The van der Waals surface area contributed by atoms with Crippen molar-refractivity contribution in [3.8, 4) is 5.75 Å². The van der Waals surface area contributed by atoms with E-state index in [1.807, 2.05) is 0 Å². The summed E-state index contributed by atoms with van der Waals surface area (Å²) >= 11 is 1.31. The van der Waals surface area contributed by atoms with Crippen molar-refractivity contribution in [3.63, 3.8) is 0 Å². The van der Waals surface area contributed by atoms with Gasteiger partial charge in [-0.15, -0.1) is 11.3 Å². The van der Waals surface area contributed by atoms with E-state index in [-0.39, 0.29) is 11.7 Å². The summed E-state index contributed by atoms with van der Waals surface area (Å²) < 4.78 is 10.3. The Balaban J connectivity index is 1.70. The van der Waals surface area contributed by atoms with Crippen LogP contribution in [0.1, 0.15) is 20.2 Å². The molecule has 1 amide bonds. The Bertz CT molecular complexity index is 715. The Morgan fingerprint density at radius 2 is 2.00 bits per heavy atom. The second kappa shape index (κ2) is 6.28. The van der Waals surface area contributed by atoms with Crippen LogP contribution in [0.4, 0.5) is 5.69 Å². The predicted octanol–water partition coefficient (Wildman–Crippen LogP) is 3.81. The Kier molecular flexibility index (Phi) is 4.02. The number of thiophene rings is 1. The highest BCUT2D eigenvalue weighted by atomic mass is 32.1. The van der Waals surface area contributed by atoms with Crippen LogP contribution in [0.3, 0.4) is 0 Å². The number of ether oxygens (including phenoxy) is 1. The van der Waals surface area contributed by atoms with E-state index in [1.54, 1.807) is 53.9 Å². The zero-order chi connectivity index (χ0) is 15.4. The van der Waals surface area contributed by atoms with Gasteiger partial charge in [0.05, 0.1) is 6.26 Å². The third-order valence-electron chi connectivity index (χ3n) is 2.77. The number of esters is 1. The number of carbonyl (C=O) groups excluding carboxylic acids is 2. The molecule has 22 heavy (non-hydrogen) atoms. The van der Waals surface area contributed by atoms with Crippen molar-refractivity contribution in [2.75, 3.05) is 5.32 Å². The molecule has 1 aromatic carbocycles. The second-order valence-corrected chi connectivity index (χ2v) is 5.27. The second-order valence-electron chi connectivity index (χ2n) is 4.33. The highest BCUT2D eigenvalue weighted by molar-refractivity contribution is 7.12. The Labute approximate surface area is 130 Å². The molecular formula is C16H11NO4S. The molecule has 3 aromatic rings. The zero-order valence-corrected chi connectivity index (χ0v) is 12.1. The molecule has 0 saturated carbocycles. The first-order valence-electron chi connectivity index (χ1n) is 6.43. The largest absolute Gasteiger partial charge is 0.459 e. The summed E-state index contributed by atoms with van der Waals surface area (Å²) in [6, 6.07) is 13.3. The quantitative estimate of drug-likeness (QED) is 0.587. The van der Waals surface area contributed by atoms with Crippen LogP contribution in [0.15, 0.2) is 64.6 Å². The Hall–Kier alpha value is -2.86. The average molecular weight is 313 g/mol. The number of carbonyl (C=O) groups is 2. The topological polar surface area (TPSA) is 68.5 Å². The standard InChI is InChI=1S/C16H11NO4S/c18-15(13-6-2-8-20-13)17-11-4-1-5-12(10-11)21-16(19)14-7-3-9-22-14/h1-10H,(H,17,18). The van der Waals surface area contributed by atoms with E-state index < -0.39 is 5.97 Å². The monoisotopic (exact) mass is 313 g/mol. The van der Waals surface area contributed by atoms with Gasteiger partial charge in [0, 0.05) is 11.8 Å². The van der Waals surface area contributed by atoms with Crippen LogP contribution in [-0.2, 0) is 0 Å². The molecule has 0 atom stereocenters. The van der Waals surface area contributed by atoms with Gasteiger partial charge < -0.3 is 14.5 Å². The molecule has 0 aliphatic rings. The van der Waals surface area contributed by atoms with Gasteiger partial charge in [0.15, 0.2) is 5.76 Å². The van der Waals surface area contributed by atoms with E-state index in [0.29, 0.717) is 16.3 Å². The minimum atomic E-state index is -0.426. The van der Waals surface area contributed by atoms with Crippen LogP contribution in [0.25, 0.3) is 0 Å². The summed E-state index contributed by atoms with van der Waals surface area (Å²) in [5.74, 6) is -0.229. The Morgan fingerprint density at radius 3 is 2.73 bits per heavy atom. The minimum absolute atomic E-state index is 0.209. The van der Waals surface area contributed by atoms with Crippen LogP contribution < -0.4 is 10.1 Å². The molecule has 0 fully saturated rings. The fourth-order valence-electron chi connectivity index (χ4n) is 1.79. The van der Waals surface area contributed by atoms with Gasteiger partial charge in [0.1, 0.15) is 10.6 Å². The van der Waals surface area contributed by atoms with Crippen molar-refractivity contribution in [2.24, 2.45) is 0 Å². The first kappa shape index (κ1) is 14.1. The van der Waals surface area contributed by atoms with Crippen molar-refractivity contribution < 1.29 is 18.7 Å². The SMILES string of the molecule is O=C(Nc1cccc(OC(=O)c2cccs2)c1)c1ccco1. The van der Waals surface area contributed by atoms with Crippen LogP contribution in [-0.4, -0.2) is 11.9 Å². The molecule has 0 spiro atoms. The first-order valence-corrected chi connectivity index (χ1v) is 7.31. The number of amides is 1. The number of anilines is 1. The van der Waals surface area contributed by atoms with E-state index in [0.717, 1.165) is 0 Å². The molecule has 0 unspecified atom stereocenters. The molecular weight excluding hydrogens is 302 g/mol. The van der Waals surface area contributed by atoms with E-state index in [9.17, 15) is 9.59 Å². The molecule has 110 valence electrons. The van der Waals surface area contributed by atoms with Crippen LogP contribution >= 0.6 is 11.3 Å². The molecule has 0 aliphatic carbocycles. The van der Waals surface area contributed by atoms with Crippen LogP contribution in [0.5, 0.6) is 5.75 Å². The molecule has 5 nitrogen and oxygen atoms in total. The summed E-state index contributed by atoms with van der Waals surface area (Å²) in [7, 11) is 0. The van der Waals surface area contributed by atoms with Crippen molar-refractivity contribution in [2.45, 2.75) is 0 Å². The fraction of sp³-hybridized carbons (Fsp3) is 0. The number of hydrogen-bond donors (Lipinski definition) is 1. The van der Waals surface area contributed by atoms with Crippen molar-refractivity contribution in [1.82, 2.24) is 0 Å². The number of nitrogens with one attached hydrogen (secondary N) is 1. The van der Waals surface area contributed by atoms with Crippen molar-refractivity contribution >= 4 is 28.9 Å². The number of hydrogen-bond acceptors (Lipinski definition) is 5. The highest BCUT2D eigenvalue weighted by Gasteiger charge is 2.11. The van der Waals surface area contributed by atoms with Crippen LogP contribution in [0.2, 0.25) is 0 Å². The lowest BCUT2D eigenvalue weighted by molar-refractivity contribution is 0.0740. The summed E-state index contributed by atoms with van der Waals surface area (Å²) in [6.07, 6.45) is 1.42. The van der Waals surface area contributed by atoms with Gasteiger partial charge in [-0.3, -0.25) is 4.79 Å². The molecule has 0 saturated heterocycles. The van der Waals surface area contributed by atoms with Crippen molar-refractivity contribution in [1.29, 1.82) is 0 Å². The molecule has 1 N–H and O–H groups in total. The predicted molar refractivity (Wildman–Crippen MR) is 82.4 cm³/mol. The third kappa shape index (κ3) is 3.24. The van der Waals surface area contributed by atoms with Gasteiger partial charge in [-0.25, -0.2) is 4.79 Å². The lowest BCUT2D eigenvalue weighted by atomic mass is 10.3. The van der Waals surface area contributed by atoms with Gasteiger partial charge in [-0.05, 0) is 35.7 Å². The van der Waals surface area contributed by atoms with E-state index in [2.05, 4.69) is 5.32 Å². The van der Waals surface area contributed by atoms with Gasteiger partial charge in [-0.2, -0.15) is 0 Å². The molecule has 2 heterocycles. The number of rotatable bonds is 4. The maximum absolute atomic E-state index is 11.9. The average Bonchev–Trinajstić information content (AvgIpc) is 3.21. The summed E-state index contributed by atoms with van der Waals surface area (Å²) in [6.45, 7) is 0. The first-order chi connectivity index (χ1) is 10.7. The van der Waals surface area contributed by atoms with Crippen LogP contribution in [0, 0.1) is 0 Å².